The summed E-state index contributed by atoms with van der Waals surface area (Å²) in [4.78, 5) is 29.6. The molecule has 1 aromatic heterocycles. The van der Waals surface area contributed by atoms with Crippen molar-refractivity contribution in [2.45, 2.75) is 23.5 Å². The lowest BCUT2D eigenvalue weighted by molar-refractivity contribution is -0.137. The Kier molecular flexibility index (Phi) is 5.66. The van der Waals surface area contributed by atoms with Crippen molar-refractivity contribution in [3.8, 4) is 0 Å². The summed E-state index contributed by atoms with van der Waals surface area (Å²) in [5, 5.41) is 2.67. The normalized spacial score (nSPS) is 11.3. The number of aromatic nitrogens is 2. The van der Waals surface area contributed by atoms with Crippen LogP contribution in [0.25, 0.3) is 0 Å². The number of carbonyl (C=O) groups is 1. The van der Waals surface area contributed by atoms with Crippen LogP contribution in [0.3, 0.4) is 0 Å². The van der Waals surface area contributed by atoms with Gasteiger partial charge in [-0.3, -0.25) is 9.59 Å². The molecule has 0 atom stereocenters. The van der Waals surface area contributed by atoms with E-state index in [1.165, 1.54) is 19.2 Å². The summed E-state index contributed by atoms with van der Waals surface area (Å²) in [5.74, 6) is -0.0852. The van der Waals surface area contributed by atoms with Gasteiger partial charge in [0.2, 0.25) is 5.91 Å². The minimum absolute atomic E-state index is 0.0441. The van der Waals surface area contributed by atoms with Crippen molar-refractivity contribution in [2.24, 2.45) is 0 Å². The highest BCUT2D eigenvalue weighted by molar-refractivity contribution is 7.98. The van der Waals surface area contributed by atoms with Crippen molar-refractivity contribution < 1.29 is 18.0 Å². The second-order valence-corrected chi connectivity index (χ2v) is 5.84. The molecule has 0 fully saturated rings. The van der Waals surface area contributed by atoms with E-state index < -0.39 is 17.3 Å². The smallest absolute Gasteiger partial charge is 0.359 e. The van der Waals surface area contributed by atoms with Gasteiger partial charge in [-0.15, -0.1) is 0 Å². The van der Waals surface area contributed by atoms with Crippen LogP contribution < -0.4 is 10.9 Å². The number of amides is 1. The topological polar surface area (TPSA) is 74.8 Å². The Balaban J connectivity index is 2.12. The minimum Gasteiger partial charge on any atom is -0.359 e. The summed E-state index contributed by atoms with van der Waals surface area (Å²) in [5.41, 5.74) is -0.398. The lowest BCUT2D eigenvalue weighted by Crippen LogP contribution is -2.22. The van der Waals surface area contributed by atoms with Crippen molar-refractivity contribution in [1.82, 2.24) is 15.3 Å². The molecular formula is C15H14F3N3O2S. The van der Waals surface area contributed by atoms with E-state index in [1.54, 1.807) is 6.07 Å². The molecule has 0 bridgehead atoms. The van der Waals surface area contributed by atoms with Crippen molar-refractivity contribution >= 4 is 17.7 Å². The number of hydrogen-bond donors (Lipinski definition) is 2. The zero-order chi connectivity index (χ0) is 17.7. The molecule has 1 amide bonds. The van der Waals surface area contributed by atoms with Crippen LogP contribution in [-0.4, -0.2) is 22.9 Å². The number of H-pyrrole nitrogens is 1. The highest BCUT2D eigenvalue weighted by Gasteiger charge is 2.30. The third-order valence-corrected chi connectivity index (χ3v) is 3.97. The van der Waals surface area contributed by atoms with Gasteiger partial charge in [0.1, 0.15) is 0 Å². The zero-order valence-electron chi connectivity index (χ0n) is 12.6. The molecule has 0 aliphatic carbocycles. The minimum atomic E-state index is -4.40. The van der Waals surface area contributed by atoms with Gasteiger partial charge in [0.05, 0.1) is 17.7 Å². The molecule has 2 aromatic rings. The Morgan fingerprint density at radius 3 is 2.75 bits per heavy atom. The molecule has 2 rings (SSSR count). The summed E-state index contributed by atoms with van der Waals surface area (Å²) < 4.78 is 38.1. The maximum Gasteiger partial charge on any atom is 0.416 e. The zero-order valence-corrected chi connectivity index (χ0v) is 13.4. The van der Waals surface area contributed by atoms with E-state index in [2.05, 4.69) is 15.3 Å². The SMILES string of the molecule is CNC(=O)Cc1cc(=O)[nH]c(SCc2cccc(C(F)(F)F)c2)n1. The van der Waals surface area contributed by atoms with Crippen LogP contribution in [0.15, 0.2) is 40.3 Å². The molecule has 128 valence electrons. The van der Waals surface area contributed by atoms with E-state index in [4.69, 9.17) is 0 Å². The average Bonchev–Trinajstić information content (AvgIpc) is 2.52. The number of hydrogen-bond acceptors (Lipinski definition) is 4. The summed E-state index contributed by atoms with van der Waals surface area (Å²) in [6, 6.07) is 6.16. The lowest BCUT2D eigenvalue weighted by Gasteiger charge is -2.08. The van der Waals surface area contributed by atoms with Crippen LogP contribution in [0.5, 0.6) is 0 Å². The third-order valence-electron chi connectivity index (χ3n) is 3.02. The largest absolute Gasteiger partial charge is 0.416 e. The number of thioether (sulfide) groups is 1. The Labute approximate surface area is 139 Å². The van der Waals surface area contributed by atoms with Gasteiger partial charge in [-0.05, 0) is 11.6 Å². The molecule has 1 aromatic carbocycles. The van der Waals surface area contributed by atoms with Gasteiger partial charge in [0.25, 0.3) is 5.56 Å². The maximum absolute atomic E-state index is 12.7. The first-order valence-electron chi connectivity index (χ1n) is 6.87. The monoisotopic (exact) mass is 357 g/mol. The molecule has 0 aliphatic heterocycles. The van der Waals surface area contributed by atoms with Crippen LogP contribution in [0, 0.1) is 0 Å². The number of carbonyl (C=O) groups excluding carboxylic acids is 1. The Hall–Kier alpha value is -2.29. The van der Waals surface area contributed by atoms with Gasteiger partial charge in [0, 0.05) is 18.9 Å². The summed E-state index contributed by atoms with van der Waals surface area (Å²) in [6.45, 7) is 0. The molecule has 0 radical (unpaired) electrons. The van der Waals surface area contributed by atoms with E-state index in [9.17, 15) is 22.8 Å². The highest BCUT2D eigenvalue weighted by atomic mass is 32.2. The Bertz CT molecular complexity index is 790. The number of aromatic amines is 1. The standard InChI is InChI=1S/C15H14F3N3O2S/c1-19-12(22)6-11-7-13(23)21-14(20-11)24-8-9-3-2-4-10(5-9)15(16,17)18/h2-5,7H,6,8H2,1H3,(H,19,22)(H,20,21,23). The summed E-state index contributed by atoms with van der Waals surface area (Å²) >= 11 is 1.09. The predicted octanol–water partition coefficient (Wildman–Crippen LogP) is 2.37. The summed E-state index contributed by atoms with van der Waals surface area (Å²) in [7, 11) is 1.47. The Morgan fingerprint density at radius 1 is 1.33 bits per heavy atom. The summed E-state index contributed by atoms with van der Waals surface area (Å²) in [6.07, 6.45) is -4.45. The maximum atomic E-state index is 12.7. The van der Waals surface area contributed by atoms with E-state index in [-0.39, 0.29) is 23.2 Å². The number of alkyl halides is 3. The van der Waals surface area contributed by atoms with Crippen molar-refractivity contribution in [3.05, 3.63) is 57.5 Å². The molecule has 2 N–H and O–H groups in total. The first kappa shape index (κ1) is 18.1. The fourth-order valence-corrected chi connectivity index (χ4v) is 2.72. The fourth-order valence-electron chi connectivity index (χ4n) is 1.88. The van der Waals surface area contributed by atoms with Crippen LogP contribution in [0.4, 0.5) is 13.2 Å². The first-order valence-corrected chi connectivity index (χ1v) is 7.86. The molecule has 0 unspecified atom stereocenters. The van der Waals surface area contributed by atoms with Gasteiger partial charge in [-0.2, -0.15) is 13.2 Å². The molecule has 0 spiro atoms. The molecule has 5 nitrogen and oxygen atoms in total. The molecule has 24 heavy (non-hydrogen) atoms. The molecule has 0 aliphatic rings. The predicted molar refractivity (Wildman–Crippen MR) is 83.6 cm³/mol. The van der Waals surface area contributed by atoms with E-state index in [0.29, 0.717) is 11.3 Å². The van der Waals surface area contributed by atoms with E-state index in [1.807, 2.05) is 0 Å². The lowest BCUT2D eigenvalue weighted by atomic mass is 10.1. The van der Waals surface area contributed by atoms with Gasteiger partial charge in [0.15, 0.2) is 5.16 Å². The van der Waals surface area contributed by atoms with Crippen molar-refractivity contribution in [2.75, 3.05) is 7.05 Å². The van der Waals surface area contributed by atoms with Crippen LogP contribution in [0.2, 0.25) is 0 Å². The van der Waals surface area contributed by atoms with Gasteiger partial charge in [-0.25, -0.2) is 4.98 Å². The number of benzene rings is 1. The molecule has 0 saturated carbocycles. The number of nitrogens with one attached hydrogen (secondary N) is 2. The quantitative estimate of drug-likeness (QED) is 0.636. The Morgan fingerprint density at radius 2 is 2.08 bits per heavy atom. The third kappa shape index (κ3) is 5.12. The number of nitrogens with zero attached hydrogens (tertiary/aromatic N) is 1. The second kappa shape index (κ2) is 7.52. The van der Waals surface area contributed by atoms with Crippen LogP contribution in [-0.2, 0) is 23.1 Å². The molecular weight excluding hydrogens is 343 g/mol. The molecule has 9 heteroatoms. The van der Waals surface area contributed by atoms with E-state index >= 15 is 0 Å². The van der Waals surface area contributed by atoms with Crippen molar-refractivity contribution in [3.63, 3.8) is 0 Å². The van der Waals surface area contributed by atoms with E-state index in [0.717, 1.165) is 23.9 Å². The van der Waals surface area contributed by atoms with Crippen LogP contribution >= 0.6 is 11.8 Å². The number of halogens is 3. The fraction of sp³-hybridized carbons (Fsp3) is 0.267. The molecule has 0 saturated heterocycles. The van der Waals surface area contributed by atoms with Crippen molar-refractivity contribution in [1.29, 1.82) is 0 Å². The highest BCUT2D eigenvalue weighted by Crippen LogP contribution is 2.30. The average molecular weight is 357 g/mol. The molecule has 1 heterocycles. The van der Waals surface area contributed by atoms with Gasteiger partial charge in [-0.1, -0.05) is 30.0 Å². The number of rotatable bonds is 5. The number of likely N-dealkylation sites (N-methyl/N-ethyl adjacent to an activating group) is 1. The van der Waals surface area contributed by atoms with Crippen LogP contribution in [0.1, 0.15) is 16.8 Å². The van der Waals surface area contributed by atoms with Gasteiger partial charge < -0.3 is 10.3 Å². The second-order valence-electron chi connectivity index (χ2n) is 4.88. The first-order chi connectivity index (χ1) is 11.3. The van der Waals surface area contributed by atoms with Gasteiger partial charge >= 0.3 is 6.18 Å².